The van der Waals surface area contributed by atoms with Crippen LogP contribution in [0.3, 0.4) is 0 Å². The highest BCUT2D eigenvalue weighted by Gasteiger charge is 2.58. The standard InChI is InChI=1S/C33H31ClF3N5O5/c1-32(26-7-6-19(34)16-38-26)46-25-5-3-4-21(30(25)47-32)41-9-8-40(22-14-23(22)41)17-28-39-29-20(35)12-18(31(43)44-2)13-24(29)42(28)10-11-45-27-15-33(27,36)37/h3-7,12-13,16,22-23,27H,8-11,14-15,17H2,1-2H3. The Labute approximate surface area is 272 Å². The summed E-state index contributed by atoms with van der Waals surface area (Å²) < 4.78 is 66.8. The summed E-state index contributed by atoms with van der Waals surface area (Å²) in [5.74, 6) is -3.40. The van der Waals surface area contributed by atoms with E-state index < -0.39 is 29.6 Å². The average molecular weight is 670 g/mol. The Balaban J connectivity index is 1.02. The van der Waals surface area contributed by atoms with Crippen molar-refractivity contribution < 1.29 is 36.9 Å². The molecule has 0 bridgehead atoms. The molecular weight excluding hydrogens is 639 g/mol. The number of methoxy groups -OCH3 is 1. The third-order valence-corrected chi connectivity index (χ3v) is 9.56. The van der Waals surface area contributed by atoms with Gasteiger partial charge in [0.2, 0.25) is 0 Å². The molecule has 0 spiro atoms. The summed E-state index contributed by atoms with van der Waals surface area (Å²) in [5, 5.41) is 0.522. The van der Waals surface area contributed by atoms with E-state index in [0.29, 0.717) is 53.2 Å². The molecule has 2 saturated carbocycles. The molecule has 47 heavy (non-hydrogen) atoms. The summed E-state index contributed by atoms with van der Waals surface area (Å²) in [6, 6.07) is 12.4. The quantitative estimate of drug-likeness (QED) is 0.213. The second-order valence-corrected chi connectivity index (χ2v) is 12.9. The monoisotopic (exact) mass is 669 g/mol. The van der Waals surface area contributed by atoms with E-state index >= 15 is 4.39 Å². The Hall–Kier alpha value is -4.07. The van der Waals surface area contributed by atoms with E-state index in [-0.39, 0.29) is 42.7 Å². The van der Waals surface area contributed by atoms with E-state index in [1.165, 1.54) is 13.2 Å². The van der Waals surface area contributed by atoms with Gasteiger partial charge in [0, 0.05) is 51.3 Å². The summed E-state index contributed by atoms with van der Waals surface area (Å²) in [6.45, 7) is 3.78. The number of hydrogen-bond acceptors (Lipinski definition) is 9. The molecule has 0 radical (unpaired) electrons. The number of aromatic nitrogens is 3. The van der Waals surface area contributed by atoms with Crippen molar-refractivity contribution in [2.75, 3.05) is 31.7 Å². The molecule has 2 aliphatic heterocycles. The maximum absolute atomic E-state index is 15.2. The predicted octanol–water partition coefficient (Wildman–Crippen LogP) is 5.54. The maximum Gasteiger partial charge on any atom is 0.338 e. The molecule has 4 unspecified atom stereocenters. The van der Waals surface area contributed by atoms with Gasteiger partial charge in [0.25, 0.3) is 11.7 Å². The number of ether oxygens (including phenoxy) is 4. The molecule has 8 rings (SSSR count). The third-order valence-electron chi connectivity index (χ3n) is 9.34. The van der Waals surface area contributed by atoms with Crippen molar-refractivity contribution >= 4 is 34.3 Å². The van der Waals surface area contributed by atoms with Gasteiger partial charge in [0.05, 0.1) is 42.1 Å². The van der Waals surface area contributed by atoms with Crippen LogP contribution in [0.2, 0.25) is 5.02 Å². The lowest BCUT2D eigenvalue weighted by atomic mass is 10.2. The Morgan fingerprint density at radius 1 is 1.15 bits per heavy atom. The third kappa shape index (κ3) is 5.34. The first-order chi connectivity index (χ1) is 22.5. The molecule has 4 atom stereocenters. The Kier molecular flexibility index (Phi) is 7.08. The number of anilines is 1. The Morgan fingerprint density at radius 3 is 2.72 bits per heavy atom. The highest BCUT2D eigenvalue weighted by Crippen LogP contribution is 2.52. The van der Waals surface area contributed by atoms with E-state index in [4.69, 9.17) is 30.5 Å². The number of imidazole rings is 1. The zero-order chi connectivity index (χ0) is 32.7. The van der Waals surface area contributed by atoms with Crippen molar-refractivity contribution in [2.24, 2.45) is 0 Å². The van der Waals surface area contributed by atoms with Gasteiger partial charge in [-0.1, -0.05) is 17.7 Å². The molecule has 14 heteroatoms. The van der Waals surface area contributed by atoms with Crippen molar-refractivity contribution in [3.8, 4) is 11.5 Å². The van der Waals surface area contributed by atoms with Crippen LogP contribution in [-0.2, 0) is 28.4 Å². The minimum absolute atomic E-state index is 0.00569. The lowest BCUT2D eigenvalue weighted by Crippen LogP contribution is -2.46. The highest BCUT2D eigenvalue weighted by molar-refractivity contribution is 6.30. The van der Waals surface area contributed by atoms with Crippen LogP contribution in [0.15, 0.2) is 48.7 Å². The van der Waals surface area contributed by atoms with Crippen LogP contribution in [0.25, 0.3) is 11.0 Å². The molecule has 2 aromatic carbocycles. The number of piperazine rings is 1. The molecule has 4 aliphatic rings. The van der Waals surface area contributed by atoms with Gasteiger partial charge < -0.3 is 28.4 Å². The van der Waals surface area contributed by atoms with Crippen LogP contribution in [-0.4, -0.2) is 76.3 Å². The highest BCUT2D eigenvalue weighted by atomic mass is 35.5. The fourth-order valence-corrected chi connectivity index (χ4v) is 6.83. The van der Waals surface area contributed by atoms with Crippen LogP contribution in [0.1, 0.15) is 41.6 Å². The second-order valence-electron chi connectivity index (χ2n) is 12.5. The number of hydrogen-bond donors (Lipinski definition) is 0. The fraction of sp³-hybridized carbons (Fsp3) is 0.424. The van der Waals surface area contributed by atoms with Crippen LogP contribution in [0, 0.1) is 5.82 Å². The topological polar surface area (TPSA) is 91.2 Å². The van der Waals surface area contributed by atoms with Gasteiger partial charge in [-0.3, -0.25) is 9.88 Å². The summed E-state index contributed by atoms with van der Waals surface area (Å²) in [6.07, 6.45) is 1.04. The van der Waals surface area contributed by atoms with Crippen LogP contribution < -0.4 is 14.4 Å². The number of esters is 1. The largest absolute Gasteiger partial charge is 0.465 e. The molecule has 0 N–H and O–H groups in total. The first-order valence-electron chi connectivity index (χ1n) is 15.4. The van der Waals surface area contributed by atoms with E-state index in [1.54, 1.807) is 22.9 Å². The van der Waals surface area contributed by atoms with E-state index in [0.717, 1.165) is 18.2 Å². The molecule has 4 heterocycles. The lowest BCUT2D eigenvalue weighted by Gasteiger charge is -2.36. The van der Waals surface area contributed by atoms with Gasteiger partial charge in [0.1, 0.15) is 23.1 Å². The summed E-state index contributed by atoms with van der Waals surface area (Å²) >= 11 is 6.04. The van der Waals surface area contributed by atoms with Gasteiger partial charge in [0.15, 0.2) is 17.3 Å². The Bertz CT molecular complexity index is 1890. The molecule has 246 valence electrons. The molecule has 2 aromatic heterocycles. The van der Waals surface area contributed by atoms with Gasteiger partial charge in [-0.25, -0.2) is 22.9 Å². The van der Waals surface area contributed by atoms with Crippen molar-refractivity contribution in [1.29, 1.82) is 0 Å². The smallest absolute Gasteiger partial charge is 0.338 e. The van der Waals surface area contributed by atoms with Gasteiger partial charge in [-0.2, -0.15) is 0 Å². The molecular formula is C33H31ClF3N5O5. The van der Waals surface area contributed by atoms with Crippen LogP contribution in [0.4, 0.5) is 18.9 Å². The Morgan fingerprint density at radius 2 is 1.98 bits per heavy atom. The van der Waals surface area contributed by atoms with E-state index in [2.05, 4.69) is 19.8 Å². The van der Waals surface area contributed by atoms with Crippen molar-refractivity contribution in [1.82, 2.24) is 19.4 Å². The van der Waals surface area contributed by atoms with E-state index in [1.807, 2.05) is 25.1 Å². The number of pyridine rings is 1. The molecule has 0 amide bonds. The normalized spacial score (nSPS) is 25.6. The number of rotatable bonds is 9. The van der Waals surface area contributed by atoms with Gasteiger partial charge >= 0.3 is 5.97 Å². The van der Waals surface area contributed by atoms with E-state index in [9.17, 15) is 13.6 Å². The minimum Gasteiger partial charge on any atom is -0.465 e. The number of fused-ring (bicyclic) bond motifs is 3. The van der Waals surface area contributed by atoms with Crippen molar-refractivity contribution in [2.45, 2.75) is 62.8 Å². The zero-order valence-electron chi connectivity index (χ0n) is 25.6. The number of nitrogens with zero attached hydrogens (tertiary/aromatic N) is 5. The predicted molar refractivity (Wildman–Crippen MR) is 165 cm³/mol. The number of carbonyl (C=O) groups excluding carboxylic acids is 1. The molecule has 4 aromatic rings. The molecule has 2 aliphatic carbocycles. The van der Waals surface area contributed by atoms with Gasteiger partial charge in [-0.05, 0) is 42.8 Å². The number of halogens is 4. The van der Waals surface area contributed by atoms with Crippen molar-refractivity contribution in [3.63, 3.8) is 0 Å². The molecule has 10 nitrogen and oxygen atoms in total. The summed E-state index contributed by atoms with van der Waals surface area (Å²) in [4.78, 5) is 25.9. The van der Waals surface area contributed by atoms with Crippen LogP contribution >= 0.6 is 11.6 Å². The fourth-order valence-electron chi connectivity index (χ4n) is 6.72. The number of carbonyl (C=O) groups is 1. The molecule has 1 saturated heterocycles. The number of alkyl halides is 2. The number of para-hydroxylation sites is 1. The summed E-state index contributed by atoms with van der Waals surface area (Å²) in [7, 11) is 1.22. The van der Waals surface area contributed by atoms with Crippen molar-refractivity contribution in [3.05, 3.63) is 76.6 Å². The first-order valence-corrected chi connectivity index (χ1v) is 15.8. The minimum atomic E-state index is -2.81. The average Bonchev–Trinajstić information content (AvgIpc) is 3.89. The SMILES string of the molecule is COC(=O)c1cc(F)c2nc(CN3CCN(c4cccc5c4OC(C)(c4ccc(Cl)cn4)O5)C4CC43)n(CCOC3CC3(F)F)c2c1. The van der Waals surface area contributed by atoms with Gasteiger partial charge in [-0.15, -0.1) is 0 Å². The van der Waals surface area contributed by atoms with Crippen LogP contribution in [0.5, 0.6) is 11.5 Å². The zero-order valence-corrected chi connectivity index (χ0v) is 26.3. The first kappa shape index (κ1) is 30.3. The summed E-state index contributed by atoms with van der Waals surface area (Å²) in [5.41, 5.74) is 2.07. The number of benzene rings is 2. The second kappa shape index (κ2) is 11.0. The maximum atomic E-state index is 15.2. The lowest BCUT2D eigenvalue weighted by molar-refractivity contribution is -0.0716. The molecule has 3 fully saturated rings.